The minimum atomic E-state index is -0.546. The number of ether oxygens (including phenoxy) is 1. The number of halogens is 1. The molecule has 194 valence electrons. The second-order valence-electron chi connectivity index (χ2n) is 9.41. The Hall–Kier alpha value is -3.13. The van der Waals surface area contributed by atoms with Gasteiger partial charge in [-0.05, 0) is 56.0 Å². The van der Waals surface area contributed by atoms with Gasteiger partial charge >= 0.3 is 6.03 Å². The molecule has 3 unspecified atom stereocenters. The Bertz CT molecular complexity index is 1040. The summed E-state index contributed by atoms with van der Waals surface area (Å²) in [6.07, 6.45) is 4.02. The first-order chi connectivity index (χ1) is 17.3. The molecule has 8 nitrogen and oxygen atoms in total. The van der Waals surface area contributed by atoms with Gasteiger partial charge in [-0.25, -0.2) is 4.79 Å². The lowest BCUT2D eigenvalue weighted by Gasteiger charge is -2.58. The normalized spacial score (nSPS) is 19.9. The maximum Gasteiger partial charge on any atom is 0.317 e. The Labute approximate surface area is 218 Å². The maximum absolute atomic E-state index is 13.6. The van der Waals surface area contributed by atoms with Crippen molar-refractivity contribution in [2.45, 2.75) is 52.1 Å². The van der Waals surface area contributed by atoms with Gasteiger partial charge in [-0.15, -0.1) is 0 Å². The molecule has 2 aliphatic heterocycles. The average Bonchev–Trinajstić information content (AvgIpc) is 2.91. The SMILES string of the molecule is CCC(C)C(C)NC(=O)N1CCC2(CC1)C(=O)N(c1cccc(Cl)c1)C2c1ccccn1.COC=O. The highest BCUT2D eigenvalue weighted by atomic mass is 35.5. The van der Waals surface area contributed by atoms with Crippen molar-refractivity contribution in [3.05, 3.63) is 59.4 Å². The number of methoxy groups -OCH3 is 1. The van der Waals surface area contributed by atoms with Crippen LogP contribution in [0.1, 0.15) is 51.8 Å². The van der Waals surface area contributed by atoms with Crippen LogP contribution in [0, 0.1) is 11.3 Å². The van der Waals surface area contributed by atoms with Gasteiger partial charge in [0, 0.05) is 36.0 Å². The van der Waals surface area contributed by atoms with Crippen LogP contribution in [0.25, 0.3) is 0 Å². The number of nitrogens with zero attached hydrogens (tertiary/aromatic N) is 3. The minimum absolute atomic E-state index is 0.0412. The number of anilines is 1. The number of hydrogen-bond acceptors (Lipinski definition) is 5. The van der Waals surface area contributed by atoms with Crippen LogP contribution in [0.2, 0.25) is 5.02 Å². The van der Waals surface area contributed by atoms with E-state index in [4.69, 9.17) is 16.4 Å². The predicted octanol–water partition coefficient (Wildman–Crippen LogP) is 4.84. The summed E-state index contributed by atoms with van der Waals surface area (Å²) in [6, 6.07) is 13.1. The molecular formula is C27H35ClN4O4. The lowest BCUT2D eigenvalue weighted by Crippen LogP contribution is -2.67. The van der Waals surface area contributed by atoms with E-state index in [9.17, 15) is 9.59 Å². The van der Waals surface area contributed by atoms with Crippen molar-refractivity contribution in [3.8, 4) is 0 Å². The fourth-order valence-electron chi connectivity index (χ4n) is 4.88. The van der Waals surface area contributed by atoms with E-state index in [1.165, 1.54) is 7.11 Å². The summed E-state index contributed by atoms with van der Waals surface area (Å²) in [5, 5.41) is 3.72. The van der Waals surface area contributed by atoms with Crippen LogP contribution in [0.5, 0.6) is 0 Å². The fourth-order valence-corrected chi connectivity index (χ4v) is 5.06. The van der Waals surface area contributed by atoms with E-state index in [1.54, 1.807) is 12.3 Å². The monoisotopic (exact) mass is 514 g/mol. The summed E-state index contributed by atoms with van der Waals surface area (Å²) < 4.78 is 3.86. The number of nitrogens with one attached hydrogen (secondary N) is 1. The zero-order valence-corrected chi connectivity index (χ0v) is 22.1. The average molecular weight is 515 g/mol. The highest BCUT2D eigenvalue weighted by molar-refractivity contribution is 6.31. The Balaban J connectivity index is 0.000000840. The second kappa shape index (κ2) is 12.2. The van der Waals surface area contributed by atoms with Gasteiger partial charge in [0.25, 0.3) is 6.47 Å². The molecule has 1 N–H and O–H groups in total. The van der Waals surface area contributed by atoms with E-state index < -0.39 is 5.41 Å². The van der Waals surface area contributed by atoms with Crippen LogP contribution >= 0.6 is 11.6 Å². The van der Waals surface area contributed by atoms with Crippen LogP contribution < -0.4 is 10.2 Å². The molecular weight excluding hydrogens is 480 g/mol. The van der Waals surface area contributed by atoms with Gasteiger partial charge in [0.1, 0.15) is 0 Å². The molecule has 0 aliphatic carbocycles. The number of carbonyl (C=O) groups is 3. The lowest BCUT2D eigenvalue weighted by molar-refractivity contribution is -0.144. The minimum Gasteiger partial charge on any atom is -0.471 e. The fraction of sp³-hybridized carbons (Fsp3) is 0.481. The second-order valence-corrected chi connectivity index (χ2v) is 9.85. The van der Waals surface area contributed by atoms with Crippen LogP contribution in [-0.2, 0) is 14.3 Å². The molecule has 9 heteroatoms. The van der Waals surface area contributed by atoms with E-state index in [0.29, 0.717) is 43.3 Å². The molecule has 2 fully saturated rings. The van der Waals surface area contributed by atoms with Gasteiger partial charge in [0.2, 0.25) is 5.91 Å². The van der Waals surface area contributed by atoms with E-state index in [1.807, 2.05) is 53.1 Å². The molecule has 1 aromatic heterocycles. The van der Waals surface area contributed by atoms with Crippen molar-refractivity contribution in [2.24, 2.45) is 11.3 Å². The zero-order chi connectivity index (χ0) is 26.3. The first kappa shape index (κ1) is 27.5. The number of carbonyl (C=O) groups excluding carboxylic acids is 3. The highest BCUT2D eigenvalue weighted by Gasteiger charge is 2.62. The number of amides is 3. The number of β-lactam (4-membered cyclic amide) rings is 1. The summed E-state index contributed by atoms with van der Waals surface area (Å²) in [6.45, 7) is 7.80. The summed E-state index contributed by atoms with van der Waals surface area (Å²) >= 11 is 6.21. The summed E-state index contributed by atoms with van der Waals surface area (Å²) in [5.74, 6) is 0.506. The van der Waals surface area contributed by atoms with Crippen molar-refractivity contribution in [1.29, 1.82) is 0 Å². The number of aromatic nitrogens is 1. The molecule has 3 heterocycles. The summed E-state index contributed by atoms with van der Waals surface area (Å²) in [7, 11) is 1.31. The van der Waals surface area contributed by atoms with Crippen molar-refractivity contribution < 1.29 is 19.1 Å². The first-order valence-corrected chi connectivity index (χ1v) is 12.7. The van der Waals surface area contributed by atoms with Crippen molar-refractivity contribution in [2.75, 3.05) is 25.1 Å². The maximum atomic E-state index is 13.6. The van der Waals surface area contributed by atoms with Gasteiger partial charge < -0.3 is 19.9 Å². The number of likely N-dealkylation sites (tertiary alicyclic amines) is 1. The third-order valence-electron chi connectivity index (χ3n) is 7.37. The van der Waals surface area contributed by atoms with Gasteiger partial charge in [0.05, 0.1) is 24.3 Å². The molecule has 36 heavy (non-hydrogen) atoms. The van der Waals surface area contributed by atoms with E-state index in [-0.39, 0.29) is 24.0 Å². The Morgan fingerprint density at radius 3 is 2.50 bits per heavy atom. The first-order valence-electron chi connectivity index (χ1n) is 12.3. The molecule has 4 rings (SSSR count). The Kier molecular flexibility index (Phi) is 9.31. The van der Waals surface area contributed by atoms with Crippen LogP contribution in [-0.4, -0.2) is 54.5 Å². The number of rotatable bonds is 6. The molecule has 0 bridgehead atoms. The van der Waals surface area contributed by atoms with Gasteiger partial charge in [-0.2, -0.15) is 0 Å². The summed E-state index contributed by atoms with van der Waals surface area (Å²) in [5.41, 5.74) is 1.11. The number of piperidine rings is 1. The van der Waals surface area contributed by atoms with Gasteiger partial charge in [0.15, 0.2) is 0 Å². The van der Waals surface area contributed by atoms with E-state index in [0.717, 1.165) is 17.8 Å². The van der Waals surface area contributed by atoms with Gasteiger partial charge in [-0.3, -0.25) is 14.6 Å². The Morgan fingerprint density at radius 1 is 1.25 bits per heavy atom. The number of benzene rings is 1. The molecule has 2 aliphatic rings. The number of pyridine rings is 1. The van der Waals surface area contributed by atoms with E-state index >= 15 is 0 Å². The van der Waals surface area contributed by atoms with E-state index in [2.05, 4.69) is 28.9 Å². The standard InChI is InChI=1S/C25H31ClN4O2.C2H4O2/c1-4-17(2)18(3)28-24(32)29-14-11-25(12-15-29)22(21-10-5-6-13-27-21)30(23(25)31)20-9-7-8-19(26)16-20;1-4-2-3/h5-10,13,16-18,22H,4,11-12,14-15H2,1-3H3,(H,28,32);2H,1H3. The quantitative estimate of drug-likeness (QED) is 0.440. The molecule has 0 radical (unpaired) electrons. The lowest BCUT2D eigenvalue weighted by atomic mass is 9.63. The number of hydrogen-bond donors (Lipinski definition) is 1. The summed E-state index contributed by atoms with van der Waals surface area (Å²) in [4.78, 5) is 43.5. The third-order valence-corrected chi connectivity index (χ3v) is 7.60. The molecule has 3 amide bonds. The third kappa shape index (κ3) is 5.64. The molecule has 2 saturated heterocycles. The Morgan fingerprint density at radius 2 is 1.94 bits per heavy atom. The molecule has 1 spiro atoms. The smallest absolute Gasteiger partial charge is 0.317 e. The predicted molar refractivity (Wildman–Crippen MR) is 140 cm³/mol. The molecule has 3 atom stereocenters. The number of urea groups is 1. The topological polar surface area (TPSA) is 91.8 Å². The molecule has 2 aromatic rings. The van der Waals surface area contributed by atoms with Crippen molar-refractivity contribution in [1.82, 2.24) is 15.2 Å². The van der Waals surface area contributed by atoms with Crippen molar-refractivity contribution >= 4 is 35.7 Å². The largest absolute Gasteiger partial charge is 0.471 e. The van der Waals surface area contributed by atoms with Crippen LogP contribution in [0.15, 0.2) is 48.7 Å². The van der Waals surface area contributed by atoms with Crippen LogP contribution in [0.3, 0.4) is 0 Å². The highest BCUT2D eigenvalue weighted by Crippen LogP contribution is 2.57. The molecule has 1 aromatic carbocycles. The molecule has 0 saturated carbocycles. The van der Waals surface area contributed by atoms with Gasteiger partial charge in [-0.1, -0.05) is 44.0 Å². The van der Waals surface area contributed by atoms with Crippen LogP contribution in [0.4, 0.5) is 10.5 Å². The zero-order valence-electron chi connectivity index (χ0n) is 21.3. The van der Waals surface area contributed by atoms with Crippen molar-refractivity contribution in [3.63, 3.8) is 0 Å².